The maximum absolute atomic E-state index is 10.9. The molecule has 1 aromatic carbocycles. The average Bonchev–Trinajstić information content (AvgIpc) is 2.40. The molecule has 0 bridgehead atoms. The van der Waals surface area contributed by atoms with Crippen molar-refractivity contribution >= 4 is 11.6 Å². The minimum atomic E-state index is -0.187. The zero-order chi connectivity index (χ0) is 14.4. The number of hydrogen-bond acceptors (Lipinski definition) is 4. The highest BCUT2D eigenvalue weighted by Crippen LogP contribution is 2.20. The van der Waals surface area contributed by atoms with Crippen molar-refractivity contribution in [1.29, 1.82) is 0 Å². The number of likely N-dealkylation sites (tertiary alicyclic amines) is 1. The second kappa shape index (κ2) is 7.14. The molecule has 1 aliphatic rings. The van der Waals surface area contributed by atoms with Gasteiger partial charge >= 0.3 is 0 Å². The first-order chi connectivity index (χ1) is 9.63. The van der Waals surface area contributed by atoms with Crippen LogP contribution in [0.5, 0.6) is 5.75 Å². The SMILES string of the molecule is NC(=O)CC1CCN(CCOc2cccc(N)c2)CC1. The van der Waals surface area contributed by atoms with Crippen LogP contribution in [0, 0.1) is 5.92 Å². The van der Waals surface area contributed by atoms with Crippen LogP contribution in [0.2, 0.25) is 0 Å². The van der Waals surface area contributed by atoms with Gasteiger partial charge in [0.05, 0.1) is 0 Å². The Morgan fingerprint density at radius 1 is 1.35 bits per heavy atom. The van der Waals surface area contributed by atoms with E-state index in [9.17, 15) is 4.79 Å². The van der Waals surface area contributed by atoms with E-state index in [1.165, 1.54) is 0 Å². The number of nitrogen functional groups attached to an aromatic ring is 1. The second-order valence-corrected chi connectivity index (χ2v) is 5.38. The zero-order valence-corrected chi connectivity index (χ0v) is 11.8. The van der Waals surface area contributed by atoms with Gasteiger partial charge in [0.15, 0.2) is 0 Å². The number of ether oxygens (including phenoxy) is 1. The normalized spacial score (nSPS) is 17.0. The molecule has 1 fully saturated rings. The van der Waals surface area contributed by atoms with Gasteiger partial charge < -0.3 is 16.2 Å². The third-order valence-corrected chi connectivity index (χ3v) is 3.73. The number of benzene rings is 1. The van der Waals surface area contributed by atoms with Gasteiger partial charge in [-0.15, -0.1) is 0 Å². The highest BCUT2D eigenvalue weighted by atomic mass is 16.5. The topological polar surface area (TPSA) is 81.6 Å². The number of amides is 1. The van der Waals surface area contributed by atoms with Crippen LogP contribution in [0.3, 0.4) is 0 Å². The molecule has 1 aliphatic heterocycles. The fourth-order valence-electron chi connectivity index (χ4n) is 2.60. The molecule has 5 nitrogen and oxygen atoms in total. The van der Waals surface area contributed by atoms with E-state index >= 15 is 0 Å². The Kier molecular flexibility index (Phi) is 5.24. The summed E-state index contributed by atoms with van der Waals surface area (Å²) in [6.45, 7) is 3.58. The standard InChI is InChI=1S/C15H23N3O2/c16-13-2-1-3-14(11-13)20-9-8-18-6-4-12(5-7-18)10-15(17)19/h1-3,11-12H,4-10,16H2,(H2,17,19). The summed E-state index contributed by atoms with van der Waals surface area (Å²) in [6.07, 6.45) is 2.61. The Morgan fingerprint density at radius 2 is 2.10 bits per heavy atom. The van der Waals surface area contributed by atoms with Crippen LogP contribution in [0.4, 0.5) is 5.69 Å². The molecule has 0 aliphatic carbocycles. The number of nitrogens with two attached hydrogens (primary N) is 2. The molecule has 1 amide bonds. The van der Waals surface area contributed by atoms with Gasteiger partial charge in [-0.25, -0.2) is 0 Å². The Bertz CT molecular complexity index is 442. The summed E-state index contributed by atoms with van der Waals surface area (Å²) in [4.78, 5) is 13.2. The lowest BCUT2D eigenvalue weighted by molar-refractivity contribution is -0.119. The predicted octanol–water partition coefficient (Wildman–Crippen LogP) is 1.23. The van der Waals surface area contributed by atoms with Gasteiger partial charge in [0, 0.05) is 24.7 Å². The molecule has 0 unspecified atom stereocenters. The first-order valence-electron chi connectivity index (χ1n) is 7.12. The Morgan fingerprint density at radius 3 is 2.75 bits per heavy atom. The summed E-state index contributed by atoms with van der Waals surface area (Å²) >= 11 is 0. The van der Waals surface area contributed by atoms with E-state index in [0.717, 1.165) is 43.9 Å². The van der Waals surface area contributed by atoms with Crippen LogP contribution in [-0.2, 0) is 4.79 Å². The molecule has 0 saturated carbocycles. The summed E-state index contributed by atoms with van der Waals surface area (Å²) in [7, 11) is 0. The van der Waals surface area contributed by atoms with Crippen molar-refractivity contribution in [3.8, 4) is 5.75 Å². The number of hydrogen-bond donors (Lipinski definition) is 2. The number of anilines is 1. The first-order valence-corrected chi connectivity index (χ1v) is 7.12. The Hall–Kier alpha value is -1.75. The molecule has 5 heteroatoms. The molecule has 1 aromatic rings. The van der Waals surface area contributed by atoms with Crippen molar-refractivity contribution in [2.45, 2.75) is 19.3 Å². The van der Waals surface area contributed by atoms with Crippen LogP contribution < -0.4 is 16.2 Å². The van der Waals surface area contributed by atoms with E-state index in [-0.39, 0.29) is 5.91 Å². The van der Waals surface area contributed by atoms with Crippen molar-refractivity contribution in [2.24, 2.45) is 11.7 Å². The monoisotopic (exact) mass is 277 g/mol. The molecule has 110 valence electrons. The fourth-order valence-corrected chi connectivity index (χ4v) is 2.60. The molecule has 0 radical (unpaired) electrons. The quantitative estimate of drug-likeness (QED) is 0.766. The molecule has 20 heavy (non-hydrogen) atoms. The lowest BCUT2D eigenvalue weighted by Crippen LogP contribution is -2.37. The van der Waals surface area contributed by atoms with E-state index in [4.69, 9.17) is 16.2 Å². The third-order valence-electron chi connectivity index (χ3n) is 3.73. The summed E-state index contributed by atoms with van der Waals surface area (Å²) in [5.41, 5.74) is 11.6. The second-order valence-electron chi connectivity index (χ2n) is 5.38. The molecule has 1 saturated heterocycles. The number of piperidine rings is 1. The minimum Gasteiger partial charge on any atom is -0.492 e. The maximum atomic E-state index is 10.9. The first kappa shape index (κ1) is 14.7. The number of primary amides is 1. The molecular formula is C15H23N3O2. The van der Waals surface area contributed by atoms with Gasteiger partial charge in [0.1, 0.15) is 12.4 Å². The van der Waals surface area contributed by atoms with Crippen LogP contribution >= 0.6 is 0 Å². The maximum Gasteiger partial charge on any atom is 0.217 e. The van der Waals surface area contributed by atoms with Crippen LogP contribution in [0.25, 0.3) is 0 Å². The van der Waals surface area contributed by atoms with Gasteiger partial charge in [-0.1, -0.05) is 6.07 Å². The number of rotatable bonds is 6. The summed E-state index contributed by atoms with van der Waals surface area (Å²) in [5, 5.41) is 0. The molecule has 0 spiro atoms. The summed E-state index contributed by atoms with van der Waals surface area (Å²) in [5.74, 6) is 1.08. The largest absolute Gasteiger partial charge is 0.492 e. The van der Waals surface area contributed by atoms with E-state index in [1.807, 2.05) is 24.3 Å². The van der Waals surface area contributed by atoms with E-state index in [0.29, 0.717) is 18.9 Å². The summed E-state index contributed by atoms with van der Waals surface area (Å²) in [6, 6.07) is 7.48. The van der Waals surface area contributed by atoms with Gasteiger partial charge in [0.2, 0.25) is 5.91 Å². The zero-order valence-electron chi connectivity index (χ0n) is 11.8. The van der Waals surface area contributed by atoms with Gasteiger partial charge in [-0.05, 0) is 44.0 Å². The predicted molar refractivity (Wildman–Crippen MR) is 79.3 cm³/mol. The van der Waals surface area contributed by atoms with Crippen molar-refractivity contribution in [3.05, 3.63) is 24.3 Å². The van der Waals surface area contributed by atoms with Crippen molar-refractivity contribution in [1.82, 2.24) is 4.90 Å². The van der Waals surface area contributed by atoms with Gasteiger partial charge in [-0.2, -0.15) is 0 Å². The molecule has 2 rings (SSSR count). The lowest BCUT2D eigenvalue weighted by atomic mass is 9.93. The van der Waals surface area contributed by atoms with Gasteiger partial charge in [-0.3, -0.25) is 9.69 Å². The Labute approximate surface area is 119 Å². The number of carbonyl (C=O) groups excluding carboxylic acids is 1. The van der Waals surface area contributed by atoms with E-state index in [2.05, 4.69) is 4.90 Å². The van der Waals surface area contributed by atoms with Crippen LogP contribution in [0.1, 0.15) is 19.3 Å². The third kappa shape index (κ3) is 4.74. The average molecular weight is 277 g/mol. The highest BCUT2D eigenvalue weighted by Gasteiger charge is 2.20. The molecule has 0 atom stereocenters. The minimum absolute atomic E-state index is 0.187. The lowest BCUT2D eigenvalue weighted by Gasteiger charge is -2.31. The van der Waals surface area contributed by atoms with E-state index in [1.54, 1.807) is 0 Å². The molecule has 0 aromatic heterocycles. The highest BCUT2D eigenvalue weighted by molar-refractivity contribution is 5.73. The van der Waals surface area contributed by atoms with Crippen LogP contribution in [-0.4, -0.2) is 37.0 Å². The molecule has 1 heterocycles. The molecular weight excluding hydrogens is 254 g/mol. The van der Waals surface area contributed by atoms with Crippen molar-refractivity contribution in [3.63, 3.8) is 0 Å². The number of nitrogens with zero attached hydrogens (tertiary/aromatic N) is 1. The van der Waals surface area contributed by atoms with Crippen LogP contribution in [0.15, 0.2) is 24.3 Å². The summed E-state index contributed by atoms with van der Waals surface area (Å²) < 4.78 is 5.69. The Balaban J connectivity index is 1.65. The van der Waals surface area contributed by atoms with Crippen molar-refractivity contribution < 1.29 is 9.53 Å². The fraction of sp³-hybridized carbons (Fsp3) is 0.533. The smallest absolute Gasteiger partial charge is 0.217 e. The molecule has 4 N–H and O–H groups in total. The number of carbonyl (C=O) groups is 1. The van der Waals surface area contributed by atoms with Crippen molar-refractivity contribution in [2.75, 3.05) is 32.0 Å². The van der Waals surface area contributed by atoms with E-state index < -0.39 is 0 Å². The van der Waals surface area contributed by atoms with Gasteiger partial charge in [0.25, 0.3) is 0 Å².